The van der Waals surface area contributed by atoms with Crippen LogP contribution >= 0.6 is 0 Å². The van der Waals surface area contributed by atoms with Gasteiger partial charge in [-0.05, 0) is 44.4 Å². The fourth-order valence-electron chi connectivity index (χ4n) is 4.59. The van der Waals surface area contributed by atoms with Crippen molar-refractivity contribution in [1.82, 2.24) is 9.80 Å². The Morgan fingerprint density at radius 3 is 2.79 bits per heavy atom. The molecule has 138 valence electrons. The molecule has 0 radical (unpaired) electrons. The van der Waals surface area contributed by atoms with Gasteiger partial charge in [-0.2, -0.15) is 0 Å². The van der Waals surface area contributed by atoms with Crippen molar-refractivity contribution in [3.05, 3.63) is 0 Å². The molecule has 2 atom stereocenters. The maximum absolute atomic E-state index is 8.52. The van der Waals surface area contributed by atoms with Gasteiger partial charge in [0.1, 0.15) is 0 Å². The number of hydrogen-bond donors (Lipinski definition) is 1. The van der Waals surface area contributed by atoms with Crippen LogP contribution in [0.25, 0.3) is 0 Å². The number of hydrogen-bond acceptors (Lipinski definition) is 5. The number of fused-ring (bicyclic) bond motifs is 3. The molecule has 1 aliphatic carbocycles. The lowest BCUT2D eigenvalue weighted by atomic mass is 10.1. The molecule has 2 saturated heterocycles. The van der Waals surface area contributed by atoms with E-state index in [2.05, 4.69) is 14.8 Å². The molecule has 4 aliphatic rings. The average molecular weight is 338 g/mol. The summed E-state index contributed by atoms with van der Waals surface area (Å²) >= 11 is 0. The second-order valence-electron chi connectivity index (χ2n) is 7.61. The molecule has 0 spiro atoms. The van der Waals surface area contributed by atoms with Crippen molar-refractivity contribution >= 4 is 5.84 Å². The van der Waals surface area contributed by atoms with E-state index in [0.717, 1.165) is 31.7 Å². The van der Waals surface area contributed by atoms with Crippen LogP contribution in [0.1, 0.15) is 51.4 Å². The highest BCUT2D eigenvalue weighted by atomic mass is 16.5. The first-order valence-corrected chi connectivity index (χ1v) is 10.1. The minimum absolute atomic E-state index is 0.145. The van der Waals surface area contributed by atoms with Crippen LogP contribution < -0.4 is 0 Å². The highest BCUT2D eigenvalue weighted by Gasteiger charge is 2.37. The van der Waals surface area contributed by atoms with E-state index in [0.29, 0.717) is 6.61 Å². The number of ether oxygens (including phenoxy) is 1. The summed E-state index contributed by atoms with van der Waals surface area (Å²) in [5.41, 5.74) is 0. The average Bonchev–Trinajstić information content (AvgIpc) is 3.15. The van der Waals surface area contributed by atoms with E-state index < -0.39 is 0 Å². The minimum Gasteiger partial charge on any atom is -0.394 e. The minimum atomic E-state index is 0.145. The van der Waals surface area contributed by atoms with Gasteiger partial charge < -0.3 is 14.7 Å². The van der Waals surface area contributed by atoms with Crippen LogP contribution in [0.2, 0.25) is 0 Å². The first kappa shape index (κ1) is 18.2. The Balaban J connectivity index is 0.000000143. The van der Waals surface area contributed by atoms with Gasteiger partial charge in [0, 0.05) is 45.2 Å². The number of nitrogens with zero attached hydrogens (tertiary/aromatic N) is 3. The van der Waals surface area contributed by atoms with Crippen LogP contribution in [-0.2, 0) is 4.74 Å². The van der Waals surface area contributed by atoms with Gasteiger partial charge in [0.05, 0.1) is 25.7 Å². The van der Waals surface area contributed by atoms with E-state index >= 15 is 0 Å². The third kappa shape index (κ3) is 5.17. The fraction of sp³-hybridized carbons (Fsp3) is 0.947. The van der Waals surface area contributed by atoms with Gasteiger partial charge in [-0.15, -0.1) is 0 Å². The van der Waals surface area contributed by atoms with Crippen molar-refractivity contribution in [3.8, 4) is 0 Å². The van der Waals surface area contributed by atoms with Gasteiger partial charge in [0.15, 0.2) is 0 Å². The van der Waals surface area contributed by atoms with Crippen LogP contribution in [0.5, 0.6) is 0 Å². The molecule has 3 heterocycles. The molecule has 5 heteroatoms. The molecule has 1 saturated carbocycles. The lowest BCUT2D eigenvalue weighted by Gasteiger charge is -2.27. The summed E-state index contributed by atoms with van der Waals surface area (Å²) < 4.78 is 5.26. The molecule has 3 aliphatic heterocycles. The largest absolute Gasteiger partial charge is 0.394 e. The topological polar surface area (TPSA) is 48.3 Å². The molecule has 0 aromatic carbocycles. The normalized spacial score (nSPS) is 29.5. The molecule has 0 amide bonds. The van der Waals surface area contributed by atoms with Crippen molar-refractivity contribution in [2.24, 2.45) is 10.9 Å². The molecule has 5 nitrogen and oxygen atoms in total. The molecular weight excluding hydrogens is 302 g/mol. The maximum atomic E-state index is 8.52. The molecule has 4 rings (SSSR count). The monoisotopic (exact) mass is 337 g/mol. The number of aliphatic hydroxyl groups excluding tert-OH is 1. The first-order chi connectivity index (χ1) is 11.9. The van der Waals surface area contributed by atoms with Gasteiger partial charge in [-0.3, -0.25) is 9.89 Å². The van der Waals surface area contributed by atoms with Gasteiger partial charge in [-0.1, -0.05) is 6.42 Å². The fourth-order valence-corrected chi connectivity index (χ4v) is 4.59. The van der Waals surface area contributed by atoms with Crippen LogP contribution in [0.4, 0.5) is 0 Å². The first-order valence-electron chi connectivity index (χ1n) is 10.1. The van der Waals surface area contributed by atoms with Crippen LogP contribution in [0.3, 0.4) is 0 Å². The summed E-state index contributed by atoms with van der Waals surface area (Å²) in [5.74, 6) is 2.37. The molecule has 2 unspecified atom stereocenters. The number of aliphatic imine (C=N–C) groups is 1. The van der Waals surface area contributed by atoms with Crippen molar-refractivity contribution in [1.29, 1.82) is 0 Å². The summed E-state index contributed by atoms with van der Waals surface area (Å²) in [4.78, 5) is 9.58. The Hall–Kier alpha value is -0.650. The predicted octanol–water partition coefficient (Wildman–Crippen LogP) is 2.14. The predicted molar refractivity (Wildman–Crippen MR) is 97.6 cm³/mol. The Labute approximate surface area is 147 Å². The van der Waals surface area contributed by atoms with Gasteiger partial charge in [0.2, 0.25) is 0 Å². The van der Waals surface area contributed by atoms with Crippen LogP contribution in [-0.4, -0.2) is 79.3 Å². The van der Waals surface area contributed by atoms with E-state index in [1.807, 2.05) is 0 Å². The van der Waals surface area contributed by atoms with Crippen molar-refractivity contribution in [2.45, 2.75) is 57.4 Å². The highest BCUT2D eigenvalue weighted by molar-refractivity contribution is 5.83. The number of aliphatic hydroxyl groups is 1. The third-order valence-electron chi connectivity index (χ3n) is 5.86. The summed E-state index contributed by atoms with van der Waals surface area (Å²) in [6.45, 7) is 7.36. The zero-order valence-electron chi connectivity index (χ0n) is 15.2. The zero-order valence-corrected chi connectivity index (χ0v) is 15.2. The summed E-state index contributed by atoms with van der Waals surface area (Å²) in [6.07, 6.45) is 10.9. The number of rotatable bonds is 5. The standard InChI is InChI=1S/C10H19NO2.C9H16N2/c12-4-6-13-5-3-11-8-9-1-2-10(11)7-9;1-2-5-9-10-6-4-8-11(9)7-3-1/h9-10,12H,1-8H2;1-8H2. The van der Waals surface area contributed by atoms with Crippen molar-refractivity contribution in [2.75, 3.05) is 52.5 Å². The smallest absolute Gasteiger partial charge is 0.0988 e. The van der Waals surface area contributed by atoms with Gasteiger partial charge >= 0.3 is 0 Å². The summed E-state index contributed by atoms with van der Waals surface area (Å²) in [6, 6.07) is 0.850. The highest BCUT2D eigenvalue weighted by Crippen LogP contribution is 2.36. The molecule has 0 aromatic heterocycles. The van der Waals surface area contributed by atoms with E-state index in [-0.39, 0.29) is 6.61 Å². The molecule has 0 aromatic rings. The number of amidine groups is 1. The SMILES string of the molecule is C1CCC2=NCCCN2CC1.OCCOCCN1CC2CCC1C2. The van der Waals surface area contributed by atoms with E-state index in [1.54, 1.807) is 0 Å². The van der Waals surface area contributed by atoms with Gasteiger partial charge in [0.25, 0.3) is 0 Å². The Bertz CT molecular complexity index is 402. The second-order valence-corrected chi connectivity index (χ2v) is 7.61. The van der Waals surface area contributed by atoms with Crippen LogP contribution in [0, 0.1) is 5.92 Å². The molecule has 3 fully saturated rings. The Kier molecular flexibility index (Phi) is 7.36. The van der Waals surface area contributed by atoms with Crippen molar-refractivity contribution in [3.63, 3.8) is 0 Å². The Morgan fingerprint density at radius 1 is 1.08 bits per heavy atom. The second kappa shape index (κ2) is 9.73. The van der Waals surface area contributed by atoms with E-state index in [4.69, 9.17) is 9.84 Å². The molecule has 24 heavy (non-hydrogen) atoms. The quantitative estimate of drug-likeness (QED) is 0.781. The molecular formula is C19H35N3O2. The van der Waals surface area contributed by atoms with E-state index in [1.165, 1.54) is 76.8 Å². The number of piperidine rings is 1. The number of likely N-dealkylation sites (tertiary alicyclic amines) is 1. The Morgan fingerprint density at radius 2 is 2.00 bits per heavy atom. The zero-order chi connectivity index (χ0) is 16.6. The lowest BCUT2D eigenvalue weighted by Crippen LogP contribution is -2.34. The summed E-state index contributed by atoms with van der Waals surface area (Å²) in [5, 5.41) is 8.52. The molecule has 2 bridgehead atoms. The lowest BCUT2D eigenvalue weighted by molar-refractivity contribution is 0.0666. The van der Waals surface area contributed by atoms with Crippen LogP contribution in [0.15, 0.2) is 4.99 Å². The van der Waals surface area contributed by atoms with E-state index in [9.17, 15) is 0 Å². The summed E-state index contributed by atoms with van der Waals surface area (Å²) in [7, 11) is 0. The van der Waals surface area contributed by atoms with Crippen molar-refractivity contribution < 1.29 is 9.84 Å². The molecule has 1 N–H and O–H groups in total. The maximum Gasteiger partial charge on any atom is 0.0988 e. The third-order valence-corrected chi connectivity index (χ3v) is 5.86. The van der Waals surface area contributed by atoms with Gasteiger partial charge in [-0.25, -0.2) is 0 Å².